The van der Waals surface area contributed by atoms with Crippen molar-refractivity contribution >= 4 is 22.5 Å². The predicted molar refractivity (Wildman–Crippen MR) is 107 cm³/mol. The van der Waals surface area contributed by atoms with Crippen LogP contribution in [0.25, 0.3) is 10.9 Å². The molecule has 2 aliphatic rings. The Kier molecular flexibility index (Phi) is 3.84. The van der Waals surface area contributed by atoms with Gasteiger partial charge in [-0.1, -0.05) is 18.2 Å². The van der Waals surface area contributed by atoms with E-state index in [9.17, 15) is 19.7 Å². The van der Waals surface area contributed by atoms with Gasteiger partial charge in [-0.3, -0.25) is 19.7 Å². The number of carbonyl (C=O) groups is 1. The third-order valence-electron chi connectivity index (χ3n) is 6.20. The molecule has 1 amide bonds. The number of amides is 1. The summed E-state index contributed by atoms with van der Waals surface area (Å²) in [7, 11) is 1.93. The van der Waals surface area contributed by atoms with E-state index >= 15 is 0 Å². The van der Waals surface area contributed by atoms with Gasteiger partial charge in [0.1, 0.15) is 0 Å². The number of carbonyl (C=O) groups excluding carboxylic acids is 1. The smallest absolute Gasteiger partial charge is 0.334 e. The standard InChI is InChI=1S/C21H20N4O4/c1-22-12-16(15-4-2-3-5-18(15)22)20(26)23-9-13-8-14(11-23)17-6-7-19(25(28)29)21(27)24(17)10-13/h2-7,12-14H,8-11H2,1H3/t13-,14?/m0/s1. The molecule has 2 atom stereocenters. The van der Waals surface area contributed by atoms with Gasteiger partial charge >= 0.3 is 11.2 Å². The van der Waals surface area contributed by atoms with Gasteiger partial charge in [0.15, 0.2) is 0 Å². The fraction of sp³-hybridized carbons (Fsp3) is 0.333. The Bertz CT molecular complexity index is 1230. The average Bonchev–Trinajstić information content (AvgIpc) is 3.05. The summed E-state index contributed by atoms with van der Waals surface area (Å²) in [6.45, 7) is 1.47. The molecule has 4 heterocycles. The minimum absolute atomic E-state index is 0.00536. The van der Waals surface area contributed by atoms with Gasteiger partial charge in [0, 0.05) is 61.5 Å². The highest BCUT2D eigenvalue weighted by Crippen LogP contribution is 2.36. The van der Waals surface area contributed by atoms with Crippen LogP contribution in [0.5, 0.6) is 0 Å². The normalized spacial score (nSPS) is 20.5. The summed E-state index contributed by atoms with van der Waals surface area (Å²) < 4.78 is 3.50. The van der Waals surface area contributed by atoms with Crippen molar-refractivity contribution in [3.05, 3.63) is 74.3 Å². The van der Waals surface area contributed by atoms with E-state index in [4.69, 9.17) is 0 Å². The molecule has 2 aromatic heterocycles. The SMILES string of the molecule is Cn1cc(C(=O)N2CC3C[C@@H](C2)Cn2c3ccc([N+](=O)[O-])c2=O)c2ccccc21. The summed E-state index contributed by atoms with van der Waals surface area (Å²) in [6.07, 6.45) is 2.76. The molecule has 0 N–H and O–H groups in total. The van der Waals surface area contributed by atoms with E-state index in [0.717, 1.165) is 23.0 Å². The van der Waals surface area contributed by atoms with Crippen molar-refractivity contribution < 1.29 is 9.72 Å². The number of nitro groups is 1. The van der Waals surface area contributed by atoms with Crippen LogP contribution in [0.1, 0.15) is 28.4 Å². The Balaban J connectivity index is 1.49. The first-order valence-corrected chi connectivity index (χ1v) is 9.65. The van der Waals surface area contributed by atoms with Crippen molar-refractivity contribution in [1.82, 2.24) is 14.0 Å². The Morgan fingerprint density at radius 3 is 2.72 bits per heavy atom. The summed E-state index contributed by atoms with van der Waals surface area (Å²) >= 11 is 0. The zero-order valence-electron chi connectivity index (χ0n) is 15.9. The molecule has 2 bridgehead atoms. The average molecular weight is 392 g/mol. The number of para-hydroxylation sites is 1. The van der Waals surface area contributed by atoms with Crippen LogP contribution in [0.3, 0.4) is 0 Å². The van der Waals surface area contributed by atoms with Crippen LogP contribution in [0.4, 0.5) is 5.69 Å². The first-order valence-electron chi connectivity index (χ1n) is 9.65. The zero-order chi connectivity index (χ0) is 20.3. The molecule has 5 rings (SSSR count). The lowest BCUT2D eigenvalue weighted by Gasteiger charge is -2.42. The lowest BCUT2D eigenvalue weighted by molar-refractivity contribution is -0.386. The van der Waals surface area contributed by atoms with Gasteiger partial charge in [0.25, 0.3) is 5.91 Å². The molecule has 1 fully saturated rings. The molecule has 148 valence electrons. The molecule has 1 unspecified atom stereocenters. The minimum Gasteiger partial charge on any atom is -0.350 e. The highest BCUT2D eigenvalue weighted by atomic mass is 16.6. The van der Waals surface area contributed by atoms with E-state index in [1.165, 1.54) is 10.6 Å². The van der Waals surface area contributed by atoms with Gasteiger partial charge in [-0.05, 0) is 24.5 Å². The van der Waals surface area contributed by atoms with Crippen LogP contribution >= 0.6 is 0 Å². The topological polar surface area (TPSA) is 90.4 Å². The van der Waals surface area contributed by atoms with Crippen molar-refractivity contribution in [3.63, 3.8) is 0 Å². The van der Waals surface area contributed by atoms with Gasteiger partial charge in [-0.15, -0.1) is 0 Å². The third kappa shape index (κ3) is 2.66. The molecule has 1 saturated heterocycles. The second-order valence-electron chi connectivity index (χ2n) is 8.00. The van der Waals surface area contributed by atoms with Crippen molar-refractivity contribution in [1.29, 1.82) is 0 Å². The van der Waals surface area contributed by atoms with E-state index in [1.807, 2.05) is 47.0 Å². The second-order valence-corrected chi connectivity index (χ2v) is 8.00. The van der Waals surface area contributed by atoms with Crippen LogP contribution < -0.4 is 5.56 Å². The highest BCUT2D eigenvalue weighted by molar-refractivity contribution is 6.07. The molecule has 2 aliphatic heterocycles. The Morgan fingerprint density at radius 2 is 1.93 bits per heavy atom. The molecule has 8 heteroatoms. The molecular formula is C21H20N4O4. The van der Waals surface area contributed by atoms with E-state index in [1.54, 1.807) is 6.07 Å². The minimum atomic E-state index is -0.629. The number of fused-ring (bicyclic) bond motifs is 5. The van der Waals surface area contributed by atoms with Gasteiger partial charge < -0.3 is 14.0 Å². The number of hydrogen-bond donors (Lipinski definition) is 0. The van der Waals surface area contributed by atoms with E-state index in [2.05, 4.69) is 0 Å². The van der Waals surface area contributed by atoms with E-state index in [-0.39, 0.29) is 17.7 Å². The first-order chi connectivity index (χ1) is 13.9. The lowest BCUT2D eigenvalue weighted by Crippen LogP contribution is -2.49. The van der Waals surface area contributed by atoms with Gasteiger partial charge in [-0.25, -0.2) is 0 Å². The summed E-state index contributed by atoms with van der Waals surface area (Å²) in [6, 6.07) is 10.8. The van der Waals surface area contributed by atoms with Crippen molar-refractivity contribution in [2.24, 2.45) is 13.0 Å². The van der Waals surface area contributed by atoms with Crippen LogP contribution in [-0.4, -0.2) is 38.0 Å². The molecule has 1 aromatic carbocycles. The van der Waals surface area contributed by atoms with Crippen molar-refractivity contribution in [2.75, 3.05) is 13.1 Å². The molecule has 0 saturated carbocycles. The Hall–Kier alpha value is -3.42. The monoisotopic (exact) mass is 392 g/mol. The van der Waals surface area contributed by atoms with Gasteiger partial charge in [-0.2, -0.15) is 0 Å². The first kappa shape index (κ1) is 17.7. The maximum absolute atomic E-state index is 13.3. The molecular weight excluding hydrogens is 372 g/mol. The van der Waals surface area contributed by atoms with Crippen LogP contribution in [-0.2, 0) is 13.6 Å². The number of aryl methyl sites for hydroxylation is 1. The summed E-state index contributed by atoms with van der Waals surface area (Å²) in [5.74, 6) is 0.115. The molecule has 29 heavy (non-hydrogen) atoms. The molecule has 8 nitrogen and oxygen atoms in total. The number of likely N-dealkylation sites (tertiary alicyclic amines) is 1. The Morgan fingerprint density at radius 1 is 1.14 bits per heavy atom. The number of piperidine rings is 1. The largest absolute Gasteiger partial charge is 0.350 e. The van der Waals surface area contributed by atoms with Crippen LogP contribution in [0.2, 0.25) is 0 Å². The lowest BCUT2D eigenvalue weighted by atomic mass is 9.83. The van der Waals surface area contributed by atoms with Gasteiger partial charge in [0.2, 0.25) is 0 Å². The van der Waals surface area contributed by atoms with Gasteiger partial charge in [0.05, 0.1) is 10.5 Å². The summed E-state index contributed by atoms with van der Waals surface area (Å²) in [4.78, 5) is 38.2. The summed E-state index contributed by atoms with van der Waals surface area (Å²) in [5.41, 5.74) is 1.54. The van der Waals surface area contributed by atoms with E-state index < -0.39 is 16.2 Å². The molecule has 0 radical (unpaired) electrons. The Labute approximate surface area is 166 Å². The quantitative estimate of drug-likeness (QED) is 0.495. The maximum atomic E-state index is 13.3. The molecule has 3 aromatic rings. The van der Waals surface area contributed by atoms with Crippen LogP contribution in [0.15, 0.2) is 47.4 Å². The fourth-order valence-electron chi connectivity index (χ4n) is 4.92. The third-order valence-corrected chi connectivity index (χ3v) is 6.20. The number of rotatable bonds is 2. The number of benzene rings is 1. The summed E-state index contributed by atoms with van der Waals surface area (Å²) in [5, 5.41) is 12.0. The molecule has 0 spiro atoms. The molecule has 0 aliphatic carbocycles. The van der Waals surface area contributed by atoms with Crippen molar-refractivity contribution in [2.45, 2.75) is 18.9 Å². The number of nitrogens with zero attached hydrogens (tertiary/aromatic N) is 4. The second kappa shape index (κ2) is 6.30. The number of pyridine rings is 1. The number of hydrogen-bond acceptors (Lipinski definition) is 4. The maximum Gasteiger partial charge on any atom is 0.334 e. The highest BCUT2D eigenvalue weighted by Gasteiger charge is 2.38. The number of aromatic nitrogens is 2. The fourth-order valence-corrected chi connectivity index (χ4v) is 4.92. The zero-order valence-corrected chi connectivity index (χ0v) is 15.9. The predicted octanol–water partition coefficient (Wildman–Crippen LogP) is 2.51. The van der Waals surface area contributed by atoms with Crippen LogP contribution in [0, 0.1) is 16.0 Å². The van der Waals surface area contributed by atoms with E-state index in [0.29, 0.717) is 25.2 Å². The van der Waals surface area contributed by atoms with Crippen molar-refractivity contribution in [3.8, 4) is 0 Å².